The van der Waals surface area contributed by atoms with Crippen LogP contribution in [0.15, 0.2) is 57.7 Å². The minimum Gasteiger partial charge on any atom is -0.504 e. The zero-order valence-corrected chi connectivity index (χ0v) is 16.4. The molecule has 2 aromatic carbocycles. The number of benzene rings is 2. The fourth-order valence-electron chi connectivity index (χ4n) is 3.66. The summed E-state index contributed by atoms with van der Waals surface area (Å²) in [6, 6.07) is 13.8. The zero-order valence-electron chi connectivity index (χ0n) is 16.4. The molecule has 1 amide bonds. The van der Waals surface area contributed by atoms with Gasteiger partial charge in [0.05, 0.1) is 0 Å². The fourth-order valence-corrected chi connectivity index (χ4v) is 3.66. The predicted molar refractivity (Wildman–Crippen MR) is 112 cm³/mol. The number of nitrogens with one attached hydrogen (secondary N) is 1. The number of fused-ring (bicyclic) bond motifs is 1. The number of nitrogens with zero attached hydrogens (tertiary/aromatic N) is 1. The van der Waals surface area contributed by atoms with E-state index in [-0.39, 0.29) is 16.9 Å². The molecule has 0 aliphatic carbocycles. The average molecular weight is 392 g/mol. The number of carbonyl (C=O) groups excluding carboxylic acids is 1. The summed E-state index contributed by atoms with van der Waals surface area (Å²) in [4.78, 5) is 27.2. The zero-order chi connectivity index (χ0) is 20.4. The lowest BCUT2D eigenvalue weighted by atomic mass is 9.99. The molecule has 150 valence electrons. The Hall–Kier alpha value is -3.12. The monoisotopic (exact) mass is 392 g/mol. The van der Waals surface area contributed by atoms with Gasteiger partial charge in [0.25, 0.3) is 5.91 Å². The minimum absolute atomic E-state index is 0.0745. The van der Waals surface area contributed by atoms with E-state index < -0.39 is 11.5 Å². The number of aromatic hydroxyl groups is 1. The highest BCUT2D eigenvalue weighted by Gasteiger charge is 2.17. The Labute approximate surface area is 168 Å². The first-order valence-corrected chi connectivity index (χ1v) is 9.88. The Morgan fingerprint density at radius 1 is 1.17 bits per heavy atom. The van der Waals surface area contributed by atoms with Gasteiger partial charge in [-0.25, -0.2) is 4.79 Å². The quantitative estimate of drug-likeness (QED) is 0.656. The summed E-state index contributed by atoms with van der Waals surface area (Å²) in [6.07, 6.45) is 2.47. The molecule has 0 unspecified atom stereocenters. The van der Waals surface area contributed by atoms with Gasteiger partial charge in [-0.3, -0.25) is 9.69 Å². The minimum atomic E-state index is -0.785. The number of para-hydroxylation sites is 1. The standard InChI is InChI=1S/C23H24N2O4/c1-15-9-11-25(12-10-15)14-16-5-7-18(8-6-16)24-22(27)19-13-17-3-2-4-20(26)21(17)29-23(19)28/h2-8,13,15,26H,9-12,14H2,1H3,(H,24,27). The van der Waals surface area contributed by atoms with Gasteiger partial charge >= 0.3 is 5.63 Å². The molecule has 2 N–H and O–H groups in total. The van der Waals surface area contributed by atoms with Gasteiger partial charge in [-0.2, -0.15) is 0 Å². The highest BCUT2D eigenvalue weighted by Crippen LogP contribution is 2.24. The Balaban J connectivity index is 1.45. The molecule has 1 saturated heterocycles. The number of piperidine rings is 1. The lowest BCUT2D eigenvalue weighted by Crippen LogP contribution is -2.32. The summed E-state index contributed by atoms with van der Waals surface area (Å²) < 4.78 is 5.12. The first-order chi connectivity index (χ1) is 14.0. The average Bonchev–Trinajstić information content (AvgIpc) is 2.71. The number of phenolic OH excluding ortho intramolecular Hbond substituents is 1. The normalized spacial score (nSPS) is 15.5. The van der Waals surface area contributed by atoms with E-state index in [0.717, 1.165) is 25.6 Å². The van der Waals surface area contributed by atoms with Crippen LogP contribution >= 0.6 is 0 Å². The number of anilines is 1. The number of amides is 1. The van der Waals surface area contributed by atoms with Crippen LogP contribution < -0.4 is 10.9 Å². The van der Waals surface area contributed by atoms with Crippen LogP contribution in [-0.2, 0) is 6.54 Å². The van der Waals surface area contributed by atoms with Crippen molar-refractivity contribution in [2.24, 2.45) is 5.92 Å². The summed E-state index contributed by atoms with van der Waals surface area (Å²) in [7, 11) is 0. The Morgan fingerprint density at radius 2 is 1.90 bits per heavy atom. The van der Waals surface area contributed by atoms with Crippen molar-refractivity contribution in [2.75, 3.05) is 18.4 Å². The number of likely N-dealkylation sites (tertiary alicyclic amines) is 1. The van der Waals surface area contributed by atoms with Gasteiger partial charge < -0.3 is 14.8 Å². The molecule has 1 fully saturated rings. The van der Waals surface area contributed by atoms with E-state index in [1.165, 1.54) is 30.5 Å². The molecule has 1 aliphatic heterocycles. The van der Waals surface area contributed by atoms with Crippen molar-refractivity contribution in [1.82, 2.24) is 4.90 Å². The van der Waals surface area contributed by atoms with E-state index in [0.29, 0.717) is 11.1 Å². The Kier molecular flexibility index (Phi) is 5.36. The molecule has 6 heteroatoms. The number of hydrogen-bond donors (Lipinski definition) is 2. The van der Waals surface area contributed by atoms with E-state index >= 15 is 0 Å². The van der Waals surface area contributed by atoms with Crippen molar-refractivity contribution >= 4 is 22.6 Å². The molecular weight excluding hydrogens is 368 g/mol. The van der Waals surface area contributed by atoms with E-state index in [1.807, 2.05) is 24.3 Å². The van der Waals surface area contributed by atoms with Gasteiger partial charge in [0.1, 0.15) is 5.56 Å². The van der Waals surface area contributed by atoms with E-state index in [4.69, 9.17) is 4.42 Å². The predicted octanol–water partition coefficient (Wildman–Crippen LogP) is 3.98. The molecule has 29 heavy (non-hydrogen) atoms. The van der Waals surface area contributed by atoms with Crippen LogP contribution in [0, 0.1) is 5.92 Å². The molecule has 3 aromatic rings. The second kappa shape index (κ2) is 8.09. The number of hydrogen-bond acceptors (Lipinski definition) is 5. The molecule has 6 nitrogen and oxygen atoms in total. The maximum Gasteiger partial charge on any atom is 0.349 e. The van der Waals surface area contributed by atoms with Crippen LogP contribution in [0.2, 0.25) is 0 Å². The van der Waals surface area contributed by atoms with Crippen LogP contribution in [0.25, 0.3) is 11.0 Å². The highest BCUT2D eigenvalue weighted by atomic mass is 16.4. The molecule has 0 radical (unpaired) electrons. The first kappa shape index (κ1) is 19.2. The second-order valence-corrected chi connectivity index (χ2v) is 7.75. The van der Waals surface area contributed by atoms with Crippen LogP contribution in [0.3, 0.4) is 0 Å². The third-order valence-electron chi connectivity index (χ3n) is 5.48. The van der Waals surface area contributed by atoms with Gasteiger partial charge in [0, 0.05) is 17.6 Å². The van der Waals surface area contributed by atoms with E-state index in [1.54, 1.807) is 12.1 Å². The van der Waals surface area contributed by atoms with Crippen molar-refractivity contribution < 1.29 is 14.3 Å². The SMILES string of the molecule is CC1CCN(Cc2ccc(NC(=O)c3cc4cccc(O)c4oc3=O)cc2)CC1. The van der Waals surface area contributed by atoms with Crippen molar-refractivity contribution in [1.29, 1.82) is 0 Å². The van der Waals surface area contributed by atoms with Gasteiger partial charge in [-0.1, -0.05) is 31.2 Å². The lowest BCUT2D eigenvalue weighted by molar-refractivity contribution is 0.102. The van der Waals surface area contributed by atoms with Crippen LogP contribution in [0.1, 0.15) is 35.7 Å². The van der Waals surface area contributed by atoms with Gasteiger partial charge in [0.2, 0.25) is 0 Å². The van der Waals surface area contributed by atoms with Crippen molar-refractivity contribution in [2.45, 2.75) is 26.3 Å². The number of rotatable bonds is 4. The summed E-state index contributed by atoms with van der Waals surface area (Å²) in [5, 5.41) is 13.0. The molecule has 4 rings (SSSR count). The molecule has 0 spiro atoms. The molecule has 0 atom stereocenters. The Morgan fingerprint density at radius 3 is 2.62 bits per heavy atom. The molecule has 1 aliphatic rings. The summed E-state index contributed by atoms with van der Waals surface area (Å²) in [5.74, 6) is 0.132. The molecule has 0 saturated carbocycles. The van der Waals surface area contributed by atoms with Crippen molar-refractivity contribution in [3.8, 4) is 5.75 Å². The van der Waals surface area contributed by atoms with Gasteiger partial charge in [-0.15, -0.1) is 0 Å². The van der Waals surface area contributed by atoms with Gasteiger partial charge in [-0.05, 0) is 61.7 Å². The third kappa shape index (κ3) is 4.32. The number of phenols is 1. The summed E-state index contributed by atoms with van der Waals surface area (Å²) in [6.45, 7) is 5.44. The lowest BCUT2D eigenvalue weighted by Gasteiger charge is -2.30. The smallest absolute Gasteiger partial charge is 0.349 e. The highest BCUT2D eigenvalue weighted by molar-refractivity contribution is 6.05. The second-order valence-electron chi connectivity index (χ2n) is 7.75. The van der Waals surface area contributed by atoms with E-state index in [9.17, 15) is 14.7 Å². The molecule has 1 aromatic heterocycles. The fraction of sp³-hybridized carbons (Fsp3) is 0.304. The van der Waals surface area contributed by atoms with Crippen LogP contribution in [0.4, 0.5) is 5.69 Å². The maximum atomic E-state index is 12.6. The Bertz CT molecular complexity index is 1080. The van der Waals surface area contributed by atoms with Crippen molar-refractivity contribution in [3.05, 3.63) is 70.1 Å². The van der Waals surface area contributed by atoms with Crippen LogP contribution in [0.5, 0.6) is 5.75 Å². The number of carbonyl (C=O) groups is 1. The maximum absolute atomic E-state index is 12.6. The first-order valence-electron chi connectivity index (χ1n) is 9.88. The molecule has 2 heterocycles. The largest absolute Gasteiger partial charge is 0.504 e. The summed E-state index contributed by atoms with van der Waals surface area (Å²) >= 11 is 0. The van der Waals surface area contributed by atoms with Crippen molar-refractivity contribution in [3.63, 3.8) is 0 Å². The van der Waals surface area contributed by atoms with Gasteiger partial charge in [0.15, 0.2) is 11.3 Å². The van der Waals surface area contributed by atoms with Crippen LogP contribution in [-0.4, -0.2) is 29.0 Å². The molecular formula is C23H24N2O4. The third-order valence-corrected chi connectivity index (χ3v) is 5.48. The summed E-state index contributed by atoms with van der Waals surface area (Å²) in [5.41, 5.74) is 0.993. The topological polar surface area (TPSA) is 82.8 Å². The van der Waals surface area contributed by atoms with E-state index in [2.05, 4.69) is 17.1 Å². The molecule has 0 bridgehead atoms.